The Bertz CT molecular complexity index is 1190. The highest BCUT2D eigenvalue weighted by atomic mass is 79.9. The number of fused-ring (bicyclic) bond motifs is 1. The number of carbonyl (C=O) groups excluding carboxylic acids is 2. The number of rotatable bonds is 5. The molecule has 0 aliphatic carbocycles. The molecular weight excluding hydrogens is 478 g/mol. The quantitative estimate of drug-likeness (QED) is 0.518. The minimum absolute atomic E-state index is 0.114. The Balaban J connectivity index is 1.61. The van der Waals surface area contributed by atoms with E-state index in [4.69, 9.17) is 9.73 Å². The molecule has 6 nitrogen and oxygen atoms in total. The molecule has 1 N–H and O–H groups in total. The van der Waals surface area contributed by atoms with E-state index in [-0.39, 0.29) is 24.8 Å². The molecule has 0 spiro atoms. The third-order valence-electron chi connectivity index (χ3n) is 4.84. The Labute approximate surface area is 192 Å². The number of carbonyl (C=O) groups is 2. The summed E-state index contributed by atoms with van der Waals surface area (Å²) in [6, 6.07) is 16.8. The third kappa shape index (κ3) is 4.70. The Morgan fingerprint density at radius 1 is 1.23 bits per heavy atom. The van der Waals surface area contributed by atoms with Crippen molar-refractivity contribution >= 4 is 61.9 Å². The SMILES string of the molecule is COc1ccc(C)cc1NC(=O)CN1C(=O)CC(c2ccc(Br)s2)=Nc2ccccc21. The Morgan fingerprint density at radius 2 is 2.03 bits per heavy atom. The summed E-state index contributed by atoms with van der Waals surface area (Å²) in [7, 11) is 1.55. The fourth-order valence-corrected chi connectivity index (χ4v) is 4.76. The molecule has 2 amide bonds. The molecule has 158 valence electrons. The van der Waals surface area contributed by atoms with Gasteiger partial charge in [-0.05, 0) is 64.8 Å². The lowest BCUT2D eigenvalue weighted by atomic mass is 10.2. The summed E-state index contributed by atoms with van der Waals surface area (Å²) < 4.78 is 6.31. The van der Waals surface area contributed by atoms with E-state index in [0.717, 1.165) is 14.2 Å². The average Bonchev–Trinajstić information content (AvgIpc) is 3.13. The van der Waals surface area contributed by atoms with Crippen LogP contribution in [0.15, 0.2) is 63.4 Å². The van der Waals surface area contributed by atoms with Crippen molar-refractivity contribution in [1.82, 2.24) is 0 Å². The van der Waals surface area contributed by atoms with Gasteiger partial charge in [0.1, 0.15) is 12.3 Å². The second kappa shape index (κ2) is 9.03. The van der Waals surface area contributed by atoms with Crippen molar-refractivity contribution < 1.29 is 14.3 Å². The molecule has 2 heterocycles. The van der Waals surface area contributed by atoms with Crippen LogP contribution in [0.3, 0.4) is 0 Å². The molecule has 0 fully saturated rings. The van der Waals surface area contributed by atoms with Crippen molar-refractivity contribution in [1.29, 1.82) is 0 Å². The van der Waals surface area contributed by atoms with E-state index in [1.807, 2.05) is 55.5 Å². The summed E-state index contributed by atoms with van der Waals surface area (Å²) in [5.41, 5.74) is 3.53. The molecule has 0 saturated heterocycles. The molecule has 0 radical (unpaired) electrons. The van der Waals surface area contributed by atoms with Crippen molar-refractivity contribution in [3.8, 4) is 5.75 Å². The minimum atomic E-state index is -0.311. The number of anilines is 2. The summed E-state index contributed by atoms with van der Waals surface area (Å²) in [4.78, 5) is 33.2. The van der Waals surface area contributed by atoms with E-state index in [2.05, 4.69) is 21.2 Å². The van der Waals surface area contributed by atoms with Gasteiger partial charge >= 0.3 is 0 Å². The lowest BCUT2D eigenvalue weighted by Gasteiger charge is -2.22. The highest BCUT2D eigenvalue weighted by Crippen LogP contribution is 2.34. The van der Waals surface area contributed by atoms with Gasteiger partial charge in [-0.1, -0.05) is 18.2 Å². The molecule has 3 aromatic rings. The first-order chi connectivity index (χ1) is 14.9. The molecule has 31 heavy (non-hydrogen) atoms. The van der Waals surface area contributed by atoms with Gasteiger partial charge in [0.25, 0.3) is 0 Å². The van der Waals surface area contributed by atoms with Gasteiger partial charge in [0.05, 0.1) is 45.0 Å². The first kappa shape index (κ1) is 21.3. The molecule has 1 aromatic heterocycles. The minimum Gasteiger partial charge on any atom is -0.495 e. The average molecular weight is 498 g/mol. The predicted molar refractivity (Wildman–Crippen MR) is 128 cm³/mol. The lowest BCUT2D eigenvalue weighted by molar-refractivity contribution is -0.120. The van der Waals surface area contributed by atoms with Crippen LogP contribution >= 0.6 is 27.3 Å². The van der Waals surface area contributed by atoms with Crippen LogP contribution in [0.2, 0.25) is 0 Å². The van der Waals surface area contributed by atoms with Crippen LogP contribution in [0.1, 0.15) is 16.9 Å². The predicted octanol–water partition coefficient (Wildman–Crippen LogP) is 5.32. The first-order valence-electron chi connectivity index (χ1n) is 9.62. The number of methoxy groups -OCH3 is 1. The normalized spacial score (nSPS) is 13.3. The van der Waals surface area contributed by atoms with Gasteiger partial charge < -0.3 is 15.0 Å². The van der Waals surface area contributed by atoms with E-state index in [1.165, 1.54) is 16.2 Å². The molecule has 8 heteroatoms. The lowest BCUT2D eigenvalue weighted by Crippen LogP contribution is -2.38. The summed E-state index contributed by atoms with van der Waals surface area (Å²) in [6.45, 7) is 1.81. The second-order valence-electron chi connectivity index (χ2n) is 7.06. The highest BCUT2D eigenvalue weighted by Gasteiger charge is 2.27. The van der Waals surface area contributed by atoms with E-state index < -0.39 is 0 Å². The standard InChI is InChI=1S/C23H20BrN3O3S/c1-14-7-8-19(30-2)16(11-14)26-22(28)13-27-18-6-4-3-5-15(18)25-17(12-23(27)29)20-9-10-21(24)31-20/h3-11H,12-13H2,1-2H3,(H,26,28). The number of aliphatic imine (C=N–C) groups is 1. The van der Waals surface area contributed by atoms with Crippen LogP contribution in [0, 0.1) is 6.92 Å². The summed E-state index contributed by atoms with van der Waals surface area (Å²) in [5.74, 6) is 0.0735. The fraction of sp³-hybridized carbons (Fsp3) is 0.174. The van der Waals surface area contributed by atoms with Crippen molar-refractivity contribution in [2.24, 2.45) is 4.99 Å². The molecular formula is C23H20BrN3O3S. The van der Waals surface area contributed by atoms with Gasteiger partial charge in [0.15, 0.2) is 0 Å². The van der Waals surface area contributed by atoms with Crippen molar-refractivity contribution in [2.45, 2.75) is 13.3 Å². The molecule has 0 atom stereocenters. The summed E-state index contributed by atoms with van der Waals surface area (Å²) >= 11 is 4.99. The van der Waals surface area contributed by atoms with E-state index in [1.54, 1.807) is 13.2 Å². The number of hydrogen-bond donors (Lipinski definition) is 1. The summed E-state index contributed by atoms with van der Waals surface area (Å²) in [6.07, 6.45) is 0.114. The van der Waals surface area contributed by atoms with Crippen molar-refractivity contribution in [3.05, 3.63) is 68.8 Å². The van der Waals surface area contributed by atoms with Crippen LogP contribution in [0.4, 0.5) is 17.1 Å². The second-order valence-corrected chi connectivity index (χ2v) is 9.52. The smallest absolute Gasteiger partial charge is 0.244 e. The number of ether oxygens (including phenoxy) is 1. The number of hydrogen-bond acceptors (Lipinski definition) is 5. The number of nitrogens with zero attached hydrogens (tertiary/aromatic N) is 2. The maximum Gasteiger partial charge on any atom is 0.244 e. The Morgan fingerprint density at radius 3 is 2.77 bits per heavy atom. The van der Waals surface area contributed by atoms with Crippen molar-refractivity contribution in [3.63, 3.8) is 0 Å². The zero-order valence-corrected chi connectivity index (χ0v) is 19.4. The van der Waals surface area contributed by atoms with Crippen LogP contribution < -0.4 is 15.0 Å². The molecule has 0 bridgehead atoms. The third-order valence-corrected chi connectivity index (χ3v) is 6.51. The number of para-hydroxylation sites is 2. The van der Waals surface area contributed by atoms with Gasteiger partial charge in [-0.2, -0.15) is 0 Å². The van der Waals surface area contributed by atoms with Gasteiger partial charge in [-0.25, -0.2) is 4.99 Å². The highest BCUT2D eigenvalue weighted by molar-refractivity contribution is 9.11. The van der Waals surface area contributed by atoms with Gasteiger partial charge in [0, 0.05) is 0 Å². The topological polar surface area (TPSA) is 71.0 Å². The fourth-order valence-electron chi connectivity index (χ4n) is 3.38. The maximum absolute atomic E-state index is 13.2. The number of thiophene rings is 1. The molecule has 1 aliphatic heterocycles. The van der Waals surface area contributed by atoms with Crippen LogP contribution in [-0.4, -0.2) is 31.2 Å². The van der Waals surface area contributed by atoms with Crippen LogP contribution in [-0.2, 0) is 9.59 Å². The number of aryl methyl sites for hydroxylation is 1. The number of amides is 2. The largest absolute Gasteiger partial charge is 0.495 e. The van der Waals surface area contributed by atoms with Gasteiger partial charge in [-0.3, -0.25) is 9.59 Å². The molecule has 0 unspecified atom stereocenters. The van der Waals surface area contributed by atoms with Crippen molar-refractivity contribution in [2.75, 3.05) is 23.9 Å². The molecule has 1 aliphatic rings. The maximum atomic E-state index is 13.2. The summed E-state index contributed by atoms with van der Waals surface area (Å²) in [5, 5.41) is 2.87. The molecule has 0 saturated carbocycles. The molecule has 2 aromatic carbocycles. The Kier molecular flexibility index (Phi) is 6.20. The molecule has 4 rings (SSSR count). The van der Waals surface area contributed by atoms with Crippen LogP contribution in [0.25, 0.3) is 0 Å². The number of benzene rings is 2. The number of halogens is 1. The van der Waals surface area contributed by atoms with Gasteiger partial charge in [0.2, 0.25) is 11.8 Å². The van der Waals surface area contributed by atoms with Gasteiger partial charge in [-0.15, -0.1) is 11.3 Å². The first-order valence-corrected chi connectivity index (χ1v) is 11.2. The monoisotopic (exact) mass is 497 g/mol. The van der Waals surface area contributed by atoms with Crippen LogP contribution in [0.5, 0.6) is 5.75 Å². The van der Waals surface area contributed by atoms with E-state index >= 15 is 0 Å². The number of nitrogens with one attached hydrogen (secondary N) is 1. The van der Waals surface area contributed by atoms with E-state index in [9.17, 15) is 9.59 Å². The zero-order chi connectivity index (χ0) is 22.0. The van der Waals surface area contributed by atoms with E-state index in [0.29, 0.717) is 28.5 Å². The Hall–Kier alpha value is -2.97. The zero-order valence-electron chi connectivity index (χ0n) is 17.0.